The Kier molecular flexibility index (Phi) is 6.36. The molecule has 0 aliphatic heterocycles. The van der Waals surface area contributed by atoms with Crippen molar-refractivity contribution < 1.29 is 9.90 Å². The summed E-state index contributed by atoms with van der Waals surface area (Å²) in [6, 6.07) is 5.92. The van der Waals surface area contributed by atoms with Gasteiger partial charge >= 0.3 is 0 Å². The molecule has 18 heavy (non-hydrogen) atoms. The van der Waals surface area contributed by atoms with E-state index in [1.807, 2.05) is 25.1 Å². The van der Waals surface area contributed by atoms with Crippen molar-refractivity contribution in [2.75, 3.05) is 0 Å². The minimum atomic E-state index is -0.614. The van der Waals surface area contributed by atoms with Gasteiger partial charge in [0.2, 0.25) is 5.91 Å². The van der Waals surface area contributed by atoms with Crippen LogP contribution in [-0.2, 0) is 11.2 Å². The smallest absolute Gasteiger partial charge is 0.220 e. The zero-order valence-corrected chi connectivity index (χ0v) is 10.9. The number of hydrogen-bond acceptors (Lipinski definition) is 3. The third-order valence-corrected chi connectivity index (χ3v) is 3.14. The number of pyridine rings is 1. The molecule has 1 rings (SSSR count). The molecule has 0 aliphatic carbocycles. The third-order valence-electron chi connectivity index (χ3n) is 3.14. The van der Waals surface area contributed by atoms with E-state index in [0.717, 1.165) is 31.4 Å². The first kappa shape index (κ1) is 14.6. The van der Waals surface area contributed by atoms with Gasteiger partial charge in [0.15, 0.2) is 0 Å². The van der Waals surface area contributed by atoms with Crippen LogP contribution in [0.2, 0.25) is 0 Å². The molecular formula is C14H22N2O2. The van der Waals surface area contributed by atoms with Gasteiger partial charge < -0.3 is 10.8 Å². The van der Waals surface area contributed by atoms with Crippen LogP contribution in [-0.4, -0.2) is 22.1 Å². The molecule has 2 atom stereocenters. The van der Waals surface area contributed by atoms with E-state index in [1.165, 1.54) is 0 Å². The highest BCUT2D eigenvalue weighted by molar-refractivity contribution is 5.74. The average Bonchev–Trinajstić information content (AvgIpc) is 2.34. The van der Waals surface area contributed by atoms with Crippen LogP contribution in [0.15, 0.2) is 24.4 Å². The molecule has 3 N–H and O–H groups in total. The van der Waals surface area contributed by atoms with Crippen molar-refractivity contribution in [1.82, 2.24) is 4.98 Å². The molecule has 1 heterocycles. The van der Waals surface area contributed by atoms with Crippen molar-refractivity contribution in [2.45, 2.75) is 45.1 Å². The van der Waals surface area contributed by atoms with E-state index < -0.39 is 12.0 Å². The summed E-state index contributed by atoms with van der Waals surface area (Å²) in [5, 5.41) is 9.69. The fourth-order valence-electron chi connectivity index (χ4n) is 1.92. The summed E-state index contributed by atoms with van der Waals surface area (Å²) < 4.78 is 0. The summed E-state index contributed by atoms with van der Waals surface area (Å²) in [6.07, 6.45) is 5.17. The van der Waals surface area contributed by atoms with Gasteiger partial charge in [-0.3, -0.25) is 9.78 Å². The SMILES string of the molecule is C[C@H](CCCCc1ccccn1)[C@@H](O)CC(N)=O. The lowest BCUT2D eigenvalue weighted by Gasteiger charge is -2.17. The number of amides is 1. The molecule has 0 aromatic carbocycles. The second kappa shape index (κ2) is 7.82. The van der Waals surface area contributed by atoms with Gasteiger partial charge in [-0.1, -0.05) is 19.4 Å². The molecule has 4 nitrogen and oxygen atoms in total. The van der Waals surface area contributed by atoms with Gasteiger partial charge in [-0.05, 0) is 37.3 Å². The predicted molar refractivity (Wildman–Crippen MR) is 70.8 cm³/mol. The Morgan fingerprint density at radius 3 is 2.83 bits per heavy atom. The molecule has 0 aliphatic rings. The molecule has 0 radical (unpaired) electrons. The second-order valence-corrected chi connectivity index (χ2v) is 4.78. The number of primary amides is 1. The first-order valence-corrected chi connectivity index (χ1v) is 6.46. The summed E-state index contributed by atoms with van der Waals surface area (Å²) in [5.41, 5.74) is 6.15. The van der Waals surface area contributed by atoms with E-state index in [9.17, 15) is 9.90 Å². The minimum Gasteiger partial charge on any atom is -0.392 e. The van der Waals surface area contributed by atoms with Crippen LogP contribution < -0.4 is 5.73 Å². The fourth-order valence-corrected chi connectivity index (χ4v) is 1.92. The van der Waals surface area contributed by atoms with Gasteiger partial charge in [0, 0.05) is 11.9 Å². The fraction of sp³-hybridized carbons (Fsp3) is 0.571. The van der Waals surface area contributed by atoms with E-state index in [2.05, 4.69) is 4.98 Å². The molecule has 1 aromatic rings. The molecule has 0 unspecified atom stereocenters. The Bertz CT molecular complexity index is 354. The highest BCUT2D eigenvalue weighted by Gasteiger charge is 2.15. The van der Waals surface area contributed by atoms with Crippen LogP contribution in [0.25, 0.3) is 0 Å². The number of hydrogen-bond donors (Lipinski definition) is 2. The lowest BCUT2D eigenvalue weighted by atomic mass is 9.95. The van der Waals surface area contributed by atoms with Crippen molar-refractivity contribution in [3.63, 3.8) is 0 Å². The molecule has 0 spiro atoms. The molecule has 1 amide bonds. The van der Waals surface area contributed by atoms with Gasteiger partial charge in [-0.15, -0.1) is 0 Å². The zero-order chi connectivity index (χ0) is 13.4. The maximum atomic E-state index is 10.7. The summed E-state index contributed by atoms with van der Waals surface area (Å²) in [6.45, 7) is 1.95. The second-order valence-electron chi connectivity index (χ2n) is 4.78. The van der Waals surface area contributed by atoms with Crippen LogP contribution in [0.1, 0.15) is 38.3 Å². The summed E-state index contributed by atoms with van der Waals surface area (Å²) in [7, 11) is 0. The van der Waals surface area contributed by atoms with Gasteiger partial charge in [0.05, 0.1) is 12.5 Å². The normalized spacial score (nSPS) is 14.1. The number of nitrogens with zero attached hydrogens (tertiary/aromatic N) is 1. The van der Waals surface area contributed by atoms with E-state index in [1.54, 1.807) is 6.20 Å². The van der Waals surface area contributed by atoms with Crippen LogP contribution in [0.4, 0.5) is 0 Å². The number of carbonyl (C=O) groups excluding carboxylic acids is 1. The topological polar surface area (TPSA) is 76.2 Å². The Labute approximate surface area is 108 Å². The quantitative estimate of drug-likeness (QED) is 0.689. The Balaban J connectivity index is 2.16. The van der Waals surface area contributed by atoms with Crippen LogP contribution >= 0.6 is 0 Å². The minimum absolute atomic E-state index is 0.0570. The van der Waals surface area contributed by atoms with Crippen LogP contribution in [0.5, 0.6) is 0 Å². The van der Waals surface area contributed by atoms with Gasteiger partial charge in [-0.2, -0.15) is 0 Å². The molecular weight excluding hydrogens is 228 g/mol. The molecule has 0 fully saturated rings. The van der Waals surface area contributed by atoms with Gasteiger partial charge in [0.25, 0.3) is 0 Å². The summed E-state index contributed by atoms with van der Waals surface area (Å²) >= 11 is 0. The van der Waals surface area contributed by atoms with Gasteiger partial charge in [0.1, 0.15) is 0 Å². The molecule has 1 aromatic heterocycles. The van der Waals surface area contributed by atoms with E-state index in [4.69, 9.17) is 5.73 Å². The van der Waals surface area contributed by atoms with Crippen LogP contribution in [0.3, 0.4) is 0 Å². The van der Waals surface area contributed by atoms with Crippen LogP contribution in [0, 0.1) is 5.92 Å². The zero-order valence-electron chi connectivity index (χ0n) is 10.9. The number of rotatable bonds is 8. The molecule has 0 saturated heterocycles. The average molecular weight is 250 g/mol. The first-order chi connectivity index (χ1) is 8.59. The van der Waals surface area contributed by atoms with E-state index >= 15 is 0 Å². The highest BCUT2D eigenvalue weighted by Crippen LogP contribution is 2.15. The number of nitrogens with two attached hydrogens (primary N) is 1. The third kappa shape index (κ3) is 5.77. The maximum Gasteiger partial charge on any atom is 0.220 e. The number of aliphatic hydroxyl groups is 1. The van der Waals surface area contributed by atoms with Crippen molar-refractivity contribution in [1.29, 1.82) is 0 Å². The number of aromatic nitrogens is 1. The number of aryl methyl sites for hydroxylation is 1. The Morgan fingerprint density at radius 2 is 2.22 bits per heavy atom. The Hall–Kier alpha value is -1.42. The largest absolute Gasteiger partial charge is 0.392 e. The lowest BCUT2D eigenvalue weighted by molar-refractivity contribution is -0.120. The number of unbranched alkanes of at least 4 members (excludes halogenated alkanes) is 1. The van der Waals surface area contributed by atoms with Crippen molar-refractivity contribution in [3.8, 4) is 0 Å². The summed E-state index contributed by atoms with van der Waals surface area (Å²) in [5.74, 6) is -0.330. The standard InChI is InChI=1S/C14H22N2O2/c1-11(13(17)10-14(15)18)6-2-3-7-12-8-4-5-9-16-12/h4-5,8-9,11,13,17H,2-3,6-7,10H2,1H3,(H2,15,18)/t11-,13+/m1/s1. The number of carbonyl (C=O) groups is 1. The summed E-state index contributed by atoms with van der Waals surface area (Å²) in [4.78, 5) is 14.9. The van der Waals surface area contributed by atoms with E-state index in [0.29, 0.717) is 0 Å². The van der Waals surface area contributed by atoms with Crippen molar-refractivity contribution in [2.24, 2.45) is 11.7 Å². The lowest BCUT2D eigenvalue weighted by Crippen LogP contribution is -2.25. The van der Waals surface area contributed by atoms with Crippen molar-refractivity contribution in [3.05, 3.63) is 30.1 Å². The molecule has 0 saturated carbocycles. The van der Waals surface area contributed by atoms with Gasteiger partial charge in [-0.25, -0.2) is 0 Å². The highest BCUT2D eigenvalue weighted by atomic mass is 16.3. The van der Waals surface area contributed by atoms with E-state index in [-0.39, 0.29) is 12.3 Å². The molecule has 4 heteroatoms. The first-order valence-electron chi connectivity index (χ1n) is 6.46. The molecule has 0 bridgehead atoms. The Morgan fingerprint density at radius 1 is 1.44 bits per heavy atom. The monoisotopic (exact) mass is 250 g/mol. The predicted octanol–water partition coefficient (Wildman–Crippen LogP) is 1.67. The number of aliphatic hydroxyl groups excluding tert-OH is 1. The maximum absolute atomic E-state index is 10.7. The van der Waals surface area contributed by atoms with Crippen molar-refractivity contribution >= 4 is 5.91 Å². The molecule has 100 valence electrons.